The zero-order chi connectivity index (χ0) is 24.6. The summed E-state index contributed by atoms with van der Waals surface area (Å²) in [5.74, 6) is 0.538. The summed E-state index contributed by atoms with van der Waals surface area (Å²) in [6.07, 6.45) is 8.12. The summed E-state index contributed by atoms with van der Waals surface area (Å²) in [4.78, 5) is 19.6. The highest BCUT2D eigenvalue weighted by molar-refractivity contribution is 6.13. The fraction of sp³-hybridized carbons (Fsp3) is 0.444. The lowest BCUT2D eigenvalue weighted by Crippen LogP contribution is -2.50. The third-order valence-electron chi connectivity index (χ3n) is 7.40. The van der Waals surface area contributed by atoms with E-state index in [2.05, 4.69) is 32.8 Å². The fourth-order valence-corrected chi connectivity index (χ4v) is 5.41. The van der Waals surface area contributed by atoms with Crippen LogP contribution in [0.2, 0.25) is 0 Å². The maximum Gasteiger partial charge on any atom is 0.254 e. The Bertz CT molecular complexity index is 1160. The van der Waals surface area contributed by atoms with Gasteiger partial charge in [0.2, 0.25) is 0 Å². The van der Waals surface area contributed by atoms with E-state index in [0.717, 1.165) is 66.7 Å². The molecule has 2 aromatic rings. The predicted molar refractivity (Wildman–Crippen MR) is 139 cm³/mol. The van der Waals surface area contributed by atoms with Gasteiger partial charge in [0.1, 0.15) is 5.82 Å². The van der Waals surface area contributed by atoms with Gasteiger partial charge in [-0.2, -0.15) is 0 Å². The molecule has 1 aromatic heterocycles. The van der Waals surface area contributed by atoms with Crippen LogP contribution < -0.4 is 20.9 Å². The molecule has 0 radical (unpaired) electrons. The van der Waals surface area contributed by atoms with E-state index in [0.29, 0.717) is 36.2 Å². The van der Waals surface area contributed by atoms with E-state index >= 15 is 0 Å². The number of nitrogens with zero attached hydrogens (tertiary/aromatic N) is 2. The van der Waals surface area contributed by atoms with E-state index in [1.807, 2.05) is 37.4 Å². The Morgan fingerprint density at radius 3 is 2.86 bits per heavy atom. The zero-order valence-corrected chi connectivity index (χ0v) is 20.4. The van der Waals surface area contributed by atoms with Crippen LogP contribution in [0.15, 0.2) is 36.2 Å². The lowest BCUT2D eigenvalue weighted by Gasteiger charge is -2.42. The molecule has 5 N–H and O–H groups in total. The SMILES string of the molecule is C[C@H]1CC[C@](C)(O)CN1c1ccc(Nc2ccc(/C(C=N)=C3\CCCCN3)c3c2C(=O)NC3)nc1. The number of aliphatic hydroxyl groups is 1. The van der Waals surface area contributed by atoms with E-state index < -0.39 is 5.60 Å². The highest BCUT2D eigenvalue weighted by Crippen LogP contribution is 2.35. The summed E-state index contributed by atoms with van der Waals surface area (Å²) >= 11 is 0. The Hall–Kier alpha value is -3.39. The molecule has 8 nitrogen and oxygen atoms in total. The number of hydrogen-bond donors (Lipinski definition) is 5. The summed E-state index contributed by atoms with van der Waals surface area (Å²) in [6.45, 7) is 6.00. The van der Waals surface area contributed by atoms with Gasteiger partial charge in [0, 0.05) is 43.2 Å². The van der Waals surface area contributed by atoms with Gasteiger partial charge in [-0.1, -0.05) is 6.07 Å². The summed E-state index contributed by atoms with van der Waals surface area (Å²) in [7, 11) is 0. The van der Waals surface area contributed by atoms with Gasteiger partial charge in [-0.3, -0.25) is 4.79 Å². The number of amides is 1. The Labute approximate surface area is 206 Å². The molecule has 2 atom stereocenters. The average molecular weight is 475 g/mol. The minimum absolute atomic E-state index is 0.115. The number of aromatic nitrogens is 1. The highest BCUT2D eigenvalue weighted by Gasteiger charge is 2.33. The molecule has 0 unspecified atom stereocenters. The number of hydrogen-bond acceptors (Lipinski definition) is 7. The standard InChI is InChI=1S/C27H34N6O2/c1-17-10-11-27(2,35)16-33(17)18-6-9-24(30-14-18)32-23-8-7-19(21-15-31-26(34)25(21)23)20(13-28)22-5-3-4-12-29-22/h6-9,13-14,17,28-29,35H,3-5,10-12,15-16H2,1-2H3,(H,30,32)(H,31,34)/b22-20+,28-13?/t17-,27-/m0/s1. The van der Waals surface area contributed by atoms with Gasteiger partial charge < -0.3 is 31.4 Å². The molecule has 8 heteroatoms. The van der Waals surface area contributed by atoms with Crippen molar-refractivity contribution in [3.8, 4) is 0 Å². The molecule has 1 amide bonds. The monoisotopic (exact) mass is 474 g/mol. The number of benzene rings is 1. The van der Waals surface area contributed by atoms with Gasteiger partial charge in [0.05, 0.1) is 28.7 Å². The number of β-amino-alcohol motifs (C(OH)–C–C–N with tert-alkyl or cyclic N) is 1. The Morgan fingerprint density at radius 2 is 2.14 bits per heavy atom. The predicted octanol–water partition coefficient (Wildman–Crippen LogP) is 3.94. The molecule has 0 spiro atoms. The molecule has 0 aliphatic carbocycles. The molecule has 3 aliphatic heterocycles. The molecule has 35 heavy (non-hydrogen) atoms. The summed E-state index contributed by atoms with van der Waals surface area (Å²) in [5, 5.41) is 28.3. The van der Waals surface area contributed by atoms with Crippen LogP contribution in [0.3, 0.4) is 0 Å². The third kappa shape index (κ3) is 4.62. The number of anilines is 3. The first-order valence-corrected chi connectivity index (χ1v) is 12.5. The van der Waals surface area contributed by atoms with Gasteiger partial charge in [-0.15, -0.1) is 0 Å². The van der Waals surface area contributed by atoms with Crippen LogP contribution in [-0.2, 0) is 6.54 Å². The van der Waals surface area contributed by atoms with Crippen molar-refractivity contribution in [1.82, 2.24) is 15.6 Å². The van der Waals surface area contributed by atoms with Crippen molar-refractivity contribution in [2.24, 2.45) is 0 Å². The summed E-state index contributed by atoms with van der Waals surface area (Å²) in [5.41, 5.74) is 5.39. The van der Waals surface area contributed by atoms with E-state index in [-0.39, 0.29) is 5.91 Å². The number of carbonyl (C=O) groups excluding carboxylic acids is 1. The molecule has 0 saturated carbocycles. The lowest BCUT2D eigenvalue weighted by molar-refractivity contribution is 0.0378. The first-order valence-electron chi connectivity index (χ1n) is 12.5. The third-order valence-corrected chi connectivity index (χ3v) is 7.40. The van der Waals surface area contributed by atoms with E-state index in [4.69, 9.17) is 5.41 Å². The number of pyridine rings is 1. The number of rotatable bonds is 5. The molecular formula is C27H34N6O2. The van der Waals surface area contributed by atoms with Crippen LogP contribution in [0.4, 0.5) is 17.2 Å². The van der Waals surface area contributed by atoms with Crippen LogP contribution in [0.5, 0.6) is 0 Å². The molecule has 4 heterocycles. The number of carbonyl (C=O) groups is 1. The molecule has 2 saturated heterocycles. The minimum Gasteiger partial charge on any atom is -0.388 e. The van der Waals surface area contributed by atoms with Gasteiger partial charge >= 0.3 is 0 Å². The molecule has 1 aromatic carbocycles. The maximum atomic E-state index is 12.8. The number of allylic oxidation sites excluding steroid dienone is 2. The maximum absolute atomic E-state index is 12.8. The molecular weight excluding hydrogens is 440 g/mol. The van der Waals surface area contributed by atoms with E-state index in [9.17, 15) is 9.90 Å². The van der Waals surface area contributed by atoms with Crippen molar-refractivity contribution < 1.29 is 9.90 Å². The van der Waals surface area contributed by atoms with Crippen LogP contribution in [0.25, 0.3) is 5.57 Å². The van der Waals surface area contributed by atoms with Crippen LogP contribution >= 0.6 is 0 Å². The molecule has 2 fully saturated rings. The van der Waals surface area contributed by atoms with Crippen molar-refractivity contribution in [3.05, 3.63) is 52.8 Å². The second-order valence-electron chi connectivity index (χ2n) is 10.2. The number of fused-ring (bicyclic) bond motifs is 1. The van der Waals surface area contributed by atoms with Crippen molar-refractivity contribution >= 4 is 34.9 Å². The molecule has 0 bridgehead atoms. The van der Waals surface area contributed by atoms with Crippen molar-refractivity contribution in [1.29, 1.82) is 5.41 Å². The number of piperidine rings is 2. The van der Waals surface area contributed by atoms with Crippen molar-refractivity contribution in [2.45, 2.75) is 64.1 Å². The second kappa shape index (κ2) is 9.34. The summed E-state index contributed by atoms with van der Waals surface area (Å²) < 4.78 is 0. The van der Waals surface area contributed by atoms with Crippen LogP contribution in [0, 0.1) is 5.41 Å². The lowest BCUT2D eigenvalue weighted by atomic mass is 9.90. The normalized spacial score (nSPS) is 25.4. The first-order chi connectivity index (χ1) is 16.9. The number of nitrogens with one attached hydrogen (secondary N) is 4. The second-order valence-corrected chi connectivity index (χ2v) is 10.2. The van der Waals surface area contributed by atoms with Gasteiger partial charge in [0.25, 0.3) is 5.91 Å². The van der Waals surface area contributed by atoms with Crippen LogP contribution in [-0.4, -0.2) is 46.9 Å². The van der Waals surface area contributed by atoms with Crippen LogP contribution in [0.1, 0.15) is 67.4 Å². The first kappa shape index (κ1) is 23.4. The largest absolute Gasteiger partial charge is 0.388 e. The fourth-order valence-electron chi connectivity index (χ4n) is 5.41. The summed E-state index contributed by atoms with van der Waals surface area (Å²) in [6, 6.07) is 8.16. The zero-order valence-electron chi connectivity index (χ0n) is 20.4. The van der Waals surface area contributed by atoms with Gasteiger partial charge in [-0.25, -0.2) is 4.98 Å². The smallest absolute Gasteiger partial charge is 0.254 e. The Morgan fingerprint density at radius 1 is 1.29 bits per heavy atom. The molecule has 3 aliphatic rings. The van der Waals surface area contributed by atoms with Gasteiger partial charge in [-0.05, 0) is 75.3 Å². The topological polar surface area (TPSA) is 113 Å². The quantitative estimate of drug-likeness (QED) is 0.420. The minimum atomic E-state index is -0.698. The van der Waals surface area contributed by atoms with E-state index in [1.165, 1.54) is 6.21 Å². The Balaban J connectivity index is 1.42. The van der Waals surface area contributed by atoms with Crippen molar-refractivity contribution in [2.75, 3.05) is 23.3 Å². The van der Waals surface area contributed by atoms with E-state index in [1.54, 1.807) is 0 Å². The molecule has 184 valence electrons. The Kier molecular flexibility index (Phi) is 6.23. The molecule has 5 rings (SSSR count). The van der Waals surface area contributed by atoms with Crippen molar-refractivity contribution in [3.63, 3.8) is 0 Å². The average Bonchev–Trinajstić information content (AvgIpc) is 3.26. The van der Waals surface area contributed by atoms with Gasteiger partial charge in [0.15, 0.2) is 0 Å². The highest BCUT2D eigenvalue weighted by atomic mass is 16.3.